The van der Waals surface area contributed by atoms with Gasteiger partial charge in [0, 0.05) is 36.5 Å². The second-order valence-corrected chi connectivity index (χ2v) is 19.2. The summed E-state index contributed by atoms with van der Waals surface area (Å²) in [5.41, 5.74) is -2.34. The van der Waals surface area contributed by atoms with Gasteiger partial charge in [0.2, 0.25) is 11.6 Å². The van der Waals surface area contributed by atoms with Crippen molar-refractivity contribution in [3.63, 3.8) is 0 Å². The first-order valence-electron chi connectivity index (χ1n) is 20.2. The highest BCUT2D eigenvalue weighted by molar-refractivity contribution is 7.99. The van der Waals surface area contributed by atoms with Crippen molar-refractivity contribution in [3.8, 4) is 0 Å². The highest BCUT2D eigenvalue weighted by Crippen LogP contribution is 2.66. The smallest absolute Gasteiger partial charge is 0.342 e. The van der Waals surface area contributed by atoms with Crippen LogP contribution in [0.25, 0.3) is 0 Å². The molecule has 316 valence electrons. The lowest BCUT2D eigenvalue weighted by atomic mass is 9.57. The zero-order valence-corrected chi connectivity index (χ0v) is 33.2. The maximum atomic E-state index is 15.1. The predicted molar refractivity (Wildman–Crippen MR) is 182 cm³/mol. The molecular weight excluding hydrogens is 762 g/mol. The van der Waals surface area contributed by atoms with Gasteiger partial charge in [0.1, 0.15) is 0 Å². The molecule has 0 radical (unpaired) electrons. The lowest BCUT2D eigenvalue weighted by Crippen LogP contribution is -2.76. The number of thioether (sulfide) groups is 1. The van der Waals surface area contributed by atoms with Crippen molar-refractivity contribution in [2.45, 2.75) is 165 Å². The van der Waals surface area contributed by atoms with Gasteiger partial charge in [-0.1, -0.05) is 27.7 Å². The standard InChI is InChI=1S/C38H56F6O10S/c1-21-9-11-27-23(3)35(37(39,40)41,49-29-33(27)25(21)13-15-31(5,47-29)51-53-33)45-17-7-19-55-20-8-18-46-36(38(42,43)44)24(4)28-12-10-22(2)26-14-16-32(6)48-30(50-36)34(26,28)54-52-32/h21-30H,7-20H2,1-6H3/t21-,22-,23-,24-,25+,26+,27+,28+,29+,30+,31-,32-,33-,34-,35-,36-/m1/s1. The molecule has 0 amide bonds. The average Bonchev–Trinajstić information content (AvgIpc) is 3.48. The minimum absolute atomic E-state index is 0.0964. The topological polar surface area (TPSA) is 92.3 Å². The van der Waals surface area contributed by atoms with Crippen LogP contribution in [-0.2, 0) is 48.0 Å². The van der Waals surface area contributed by atoms with Gasteiger partial charge in [0.05, 0.1) is 13.2 Å². The molecule has 10 fully saturated rings. The van der Waals surface area contributed by atoms with Gasteiger partial charge in [0.25, 0.3) is 11.6 Å². The molecule has 0 aromatic carbocycles. The normalized spacial score (nSPS) is 51.9. The van der Waals surface area contributed by atoms with Gasteiger partial charge >= 0.3 is 12.4 Å². The van der Waals surface area contributed by atoms with E-state index in [1.54, 1.807) is 13.8 Å². The van der Waals surface area contributed by atoms with Gasteiger partial charge in [-0.25, -0.2) is 19.6 Å². The SMILES string of the molecule is C[C@@H]1CC[C@H]2[C@@H](C)[C@](OCCCSCCCO[C@@]3(C(F)(F)F)O[C@@H]4O[C@@]5(C)CC[C@H]6[C@H](C)CC[C@@H]([C@H]3C)[C@@]46OO5)(C(F)(F)F)O[C@@H]3O[C@@]4(C)CC[C@@H]1[C@]32OO4. The van der Waals surface area contributed by atoms with Crippen LogP contribution in [0.1, 0.15) is 106 Å². The first-order chi connectivity index (χ1) is 25.8. The van der Waals surface area contributed by atoms with Crippen LogP contribution >= 0.6 is 11.8 Å². The van der Waals surface area contributed by atoms with Gasteiger partial charge in [-0.3, -0.25) is 0 Å². The van der Waals surface area contributed by atoms with E-state index in [1.165, 1.54) is 25.6 Å². The molecule has 16 atom stereocenters. The predicted octanol–water partition coefficient (Wildman–Crippen LogP) is 8.81. The second-order valence-electron chi connectivity index (χ2n) is 18.0. The van der Waals surface area contributed by atoms with E-state index in [9.17, 15) is 0 Å². The molecular formula is C38H56F6O10S. The molecule has 2 saturated carbocycles. The van der Waals surface area contributed by atoms with Crippen LogP contribution in [0.4, 0.5) is 26.3 Å². The number of halogens is 6. The van der Waals surface area contributed by atoms with Crippen LogP contribution < -0.4 is 0 Å². The van der Waals surface area contributed by atoms with E-state index < -0.39 is 83.0 Å². The highest BCUT2D eigenvalue weighted by atomic mass is 32.2. The summed E-state index contributed by atoms with van der Waals surface area (Å²) in [5, 5.41) is 0. The Labute approximate surface area is 322 Å². The maximum absolute atomic E-state index is 15.1. The Kier molecular flexibility index (Phi) is 10.5. The number of rotatable bonds is 10. The molecule has 10 aliphatic rings. The fourth-order valence-electron chi connectivity index (χ4n) is 11.8. The fourth-order valence-corrected chi connectivity index (χ4v) is 12.7. The summed E-state index contributed by atoms with van der Waals surface area (Å²) in [6.07, 6.45) is -7.09. The molecule has 17 heteroatoms. The van der Waals surface area contributed by atoms with E-state index in [4.69, 9.17) is 48.0 Å². The highest BCUT2D eigenvalue weighted by Gasteiger charge is 2.79. The second kappa shape index (κ2) is 14.1. The lowest BCUT2D eigenvalue weighted by molar-refractivity contribution is -0.598. The quantitative estimate of drug-likeness (QED) is 0.120. The van der Waals surface area contributed by atoms with Gasteiger partial charge in [0.15, 0.2) is 23.8 Å². The molecule has 0 N–H and O–H groups in total. The third kappa shape index (κ3) is 6.19. The van der Waals surface area contributed by atoms with Crippen molar-refractivity contribution < 1.29 is 74.3 Å². The maximum Gasteiger partial charge on any atom is 0.443 e. The molecule has 8 heterocycles. The molecule has 0 aromatic rings. The Hall–Kier alpha value is -0.470. The number of hydrogen-bond acceptors (Lipinski definition) is 11. The number of ether oxygens (including phenoxy) is 6. The fraction of sp³-hybridized carbons (Fsp3) is 1.00. The Morgan fingerprint density at radius 2 is 0.945 bits per heavy atom. The van der Waals surface area contributed by atoms with Crippen LogP contribution in [0.15, 0.2) is 0 Å². The Morgan fingerprint density at radius 3 is 1.33 bits per heavy atom. The monoisotopic (exact) mass is 818 g/mol. The van der Waals surface area contributed by atoms with Gasteiger partial charge in [-0.15, -0.1) is 0 Å². The number of hydrogen-bond donors (Lipinski definition) is 0. The number of alkyl halides is 6. The summed E-state index contributed by atoms with van der Waals surface area (Å²) in [5.74, 6) is -10.6. The van der Waals surface area contributed by atoms with Crippen LogP contribution in [0.5, 0.6) is 0 Å². The van der Waals surface area contributed by atoms with E-state index in [0.29, 0.717) is 50.0 Å². The minimum atomic E-state index is -4.87. The third-order valence-electron chi connectivity index (χ3n) is 14.8. The van der Waals surface area contributed by atoms with Crippen LogP contribution in [0.2, 0.25) is 0 Å². The zero-order chi connectivity index (χ0) is 39.5. The van der Waals surface area contributed by atoms with Crippen molar-refractivity contribution in [2.24, 2.45) is 47.3 Å². The van der Waals surface area contributed by atoms with Crippen molar-refractivity contribution in [3.05, 3.63) is 0 Å². The largest absolute Gasteiger partial charge is 0.443 e. The average molecular weight is 819 g/mol. The molecule has 2 aliphatic carbocycles. The van der Waals surface area contributed by atoms with Gasteiger partial charge < -0.3 is 28.4 Å². The van der Waals surface area contributed by atoms with E-state index in [-0.39, 0.29) is 49.7 Å². The van der Waals surface area contributed by atoms with E-state index in [0.717, 1.165) is 12.8 Å². The van der Waals surface area contributed by atoms with Crippen LogP contribution in [0, 0.1) is 47.3 Å². The summed E-state index contributed by atoms with van der Waals surface area (Å²) in [6, 6.07) is 0. The van der Waals surface area contributed by atoms with Crippen molar-refractivity contribution >= 4 is 11.8 Å². The van der Waals surface area contributed by atoms with E-state index in [1.807, 2.05) is 0 Å². The molecule has 8 saturated heterocycles. The van der Waals surface area contributed by atoms with Gasteiger partial charge in [-0.05, 0) is 100 Å². The first kappa shape index (κ1) is 41.3. The lowest BCUT2D eigenvalue weighted by Gasteiger charge is -2.62. The Morgan fingerprint density at radius 1 is 0.545 bits per heavy atom. The molecule has 10 rings (SSSR count). The summed E-state index contributed by atoms with van der Waals surface area (Å²) in [7, 11) is 0. The molecule has 0 aromatic heterocycles. The van der Waals surface area contributed by atoms with E-state index >= 15 is 26.3 Å². The minimum Gasteiger partial charge on any atom is -0.342 e. The summed E-state index contributed by atoms with van der Waals surface area (Å²) in [6.45, 7) is 10.0. The Bertz CT molecular complexity index is 1330. The zero-order valence-electron chi connectivity index (χ0n) is 32.4. The molecule has 4 bridgehead atoms. The third-order valence-corrected chi connectivity index (χ3v) is 16.0. The van der Waals surface area contributed by atoms with Crippen molar-refractivity contribution in [1.82, 2.24) is 0 Å². The first-order valence-corrected chi connectivity index (χ1v) is 21.4. The van der Waals surface area contributed by atoms with E-state index in [2.05, 4.69) is 13.8 Å². The molecule has 0 unspecified atom stereocenters. The number of fused-ring (bicyclic) bond motifs is 4. The molecule has 2 spiro atoms. The van der Waals surface area contributed by atoms with Crippen molar-refractivity contribution in [2.75, 3.05) is 24.7 Å². The Balaban J connectivity index is 0.872. The molecule has 55 heavy (non-hydrogen) atoms. The van der Waals surface area contributed by atoms with Crippen LogP contribution in [-0.4, -0.2) is 84.0 Å². The summed E-state index contributed by atoms with van der Waals surface area (Å²) >= 11 is 1.40. The molecule has 8 aliphatic heterocycles. The summed E-state index contributed by atoms with van der Waals surface area (Å²) < 4.78 is 126. The van der Waals surface area contributed by atoms with Gasteiger partial charge in [-0.2, -0.15) is 38.1 Å². The van der Waals surface area contributed by atoms with Crippen LogP contribution in [0.3, 0.4) is 0 Å². The summed E-state index contributed by atoms with van der Waals surface area (Å²) in [4.78, 5) is 23.5. The van der Waals surface area contributed by atoms with Crippen molar-refractivity contribution in [1.29, 1.82) is 0 Å². The molecule has 10 nitrogen and oxygen atoms in total.